The molecule has 0 aliphatic carbocycles. The summed E-state index contributed by atoms with van der Waals surface area (Å²) < 4.78 is 1.89. The van der Waals surface area contributed by atoms with Crippen molar-refractivity contribution in [3.8, 4) is 11.4 Å². The quantitative estimate of drug-likeness (QED) is 0.461. The normalized spacial score (nSPS) is 17.3. The number of hydrogen-bond acceptors (Lipinski definition) is 5. The Balaban J connectivity index is 1.51. The van der Waals surface area contributed by atoms with Gasteiger partial charge < -0.3 is 10.7 Å². The predicted octanol–water partition coefficient (Wildman–Crippen LogP) is 4.91. The van der Waals surface area contributed by atoms with Gasteiger partial charge in [-0.15, -0.1) is 10.2 Å². The molecule has 3 aromatic carbocycles. The van der Waals surface area contributed by atoms with Crippen molar-refractivity contribution in [3.05, 3.63) is 96.1 Å². The first kappa shape index (κ1) is 20.3. The van der Waals surface area contributed by atoms with Gasteiger partial charge in [0.15, 0.2) is 5.82 Å². The van der Waals surface area contributed by atoms with Crippen molar-refractivity contribution in [2.75, 3.05) is 10.7 Å². The fourth-order valence-electron chi connectivity index (χ4n) is 3.89. The number of amides is 1. The van der Waals surface area contributed by atoms with Crippen molar-refractivity contribution >= 4 is 23.4 Å². The van der Waals surface area contributed by atoms with E-state index in [1.165, 1.54) is 11.8 Å². The first-order chi connectivity index (χ1) is 15.7. The molecule has 2 N–H and O–H groups in total. The number of nitrogens with zero attached hydrogens (tertiary/aromatic N) is 3. The summed E-state index contributed by atoms with van der Waals surface area (Å²) in [5.41, 5.74) is 7.47. The molecule has 2 heterocycles. The molecule has 0 radical (unpaired) electrons. The van der Waals surface area contributed by atoms with Crippen LogP contribution in [0.1, 0.15) is 24.1 Å². The number of carbonyl (C=O) groups is 1. The van der Waals surface area contributed by atoms with E-state index < -0.39 is 5.25 Å². The summed E-state index contributed by atoms with van der Waals surface area (Å²) >= 11 is 1.43. The van der Waals surface area contributed by atoms with Crippen molar-refractivity contribution in [1.82, 2.24) is 14.9 Å². The molecule has 1 aliphatic rings. The van der Waals surface area contributed by atoms with Gasteiger partial charge in [-0.05, 0) is 23.6 Å². The Morgan fingerprint density at radius 2 is 1.66 bits per heavy atom. The molecule has 0 fully saturated rings. The Bertz CT molecular complexity index is 1230. The van der Waals surface area contributed by atoms with Crippen LogP contribution in [-0.2, 0) is 11.2 Å². The first-order valence-electron chi connectivity index (χ1n) is 10.6. The van der Waals surface area contributed by atoms with Crippen LogP contribution in [-0.4, -0.2) is 26.0 Å². The molecule has 0 saturated carbocycles. The Kier molecular flexibility index (Phi) is 5.64. The van der Waals surface area contributed by atoms with E-state index in [0.717, 1.165) is 34.6 Å². The van der Waals surface area contributed by atoms with Crippen molar-refractivity contribution in [3.63, 3.8) is 0 Å². The molecule has 160 valence electrons. The fraction of sp³-hybridized carbons (Fsp3) is 0.160. The van der Waals surface area contributed by atoms with Gasteiger partial charge in [-0.1, -0.05) is 97.5 Å². The van der Waals surface area contributed by atoms with Crippen molar-refractivity contribution < 1.29 is 4.79 Å². The Hall–Kier alpha value is -3.58. The van der Waals surface area contributed by atoms with Gasteiger partial charge in [-0.3, -0.25) is 4.79 Å². The largest absolute Gasteiger partial charge is 0.325 e. The van der Waals surface area contributed by atoms with E-state index in [4.69, 9.17) is 0 Å². The van der Waals surface area contributed by atoms with E-state index in [0.29, 0.717) is 5.16 Å². The van der Waals surface area contributed by atoms with Gasteiger partial charge in [-0.25, -0.2) is 4.68 Å². The molecule has 4 aromatic rings. The van der Waals surface area contributed by atoms with Gasteiger partial charge in [0.1, 0.15) is 5.25 Å². The minimum atomic E-state index is -0.414. The summed E-state index contributed by atoms with van der Waals surface area (Å²) in [4.78, 5) is 13.5. The molecule has 1 aliphatic heterocycles. The lowest BCUT2D eigenvalue weighted by molar-refractivity contribution is -0.116. The molecule has 0 spiro atoms. The summed E-state index contributed by atoms with van der Waals surface area (Å²) in [6.07, 6.45) is 0.851. The van der Waals surface area contributed by atoms with E-state index >= 15 is 0 Å². The summed E-state index contributed by atoms with van der Waals surface area (Å²) in [5, 5.41) is 12.2. The zero-order chi connectivity index (χ0) is 21.9. The number of rotatable bonds is 5. The number of hydrogen-bond donors (Lipinski definition) is 2. The zero-order valence-corrected chi connectivity index (χ0v) is 18.4. The van der Waals surface area contributed by atoms with Gasteiger partial charge in [0.25, 0.3) is 0 Å². The molecular formula is C25H23N5OS. The minimum absolute atomic E-state index is 0.0623. The highest BCUT2D eigenvalue weighted by atomic mass is 32.2. The third-order valence-electron chi connectivity index (χ3n) is 5.54. The molecule has 1 aromatic heterocycles. The Morgan fingerprint density at radius 1 is 0.969 bits per heavy atom. The number of anilines is 1. The maximum Gasteiger partial charge on any atom is 0.240 e. The first-order valence-corrected chi connectivity index (χ1v) is 11.5. The number of aryl methyl sites for hydroxylation is 1. The number of aromatic nitrogens is 3. The highest BCUT2D eigenvalue weighted by Crippen LogP contribution is 2.39. The highest BCUT2D eigenvalue weighted by molar-refractivity contribution is 8.00. The van der Waals surface area contributed by atoms with E-state index in [2.05, 4.69) is 27.9 Å². The van der Waals surface area contributed by atoms with Gasteiger partial charge in [-0.2, -0.15) is 0 Å². The summed E-state index contributed by atoms with van der Waals surface area (Å²) in [6.45, 7) is 2.09. The topological polar surface area (TPSA) is 71.8 Å². The van der Waals surface area contributed by atoms with Crippen LogP contribution >= 0.6 is 11.8 Å². The molecule has 7 heteroatoms. The molecule has 5 rings (SSSR count). The number of nitrogens with one attached hydrogen (secondary N) is 2. The monoisotopic (exact) mass is 441 g/mol. The van der Waals surface area contributed by atoms with Crippen LogP contribution in [0.5, 0.6) is 0 Å². The number of thioether (sulfide) groups is 1. The minimum Gasteiger partial charge on any atom is -0.325 e. The van der Waals surface area contributed by atoms with Gasteiger partial charge in [0.2, 0.25) is 11.1 Å². The summed E-state index contributed by atoms with van der Waals surface area (Å²) in [6, 6.07) is 27.6. The van der Waals surface area contributed by atoms with Gasteiger partial charge in [0, 0.05) is 11.3 Å². The predicted molar refractivity (Wildman–Crippen MR) is 128 cm³/mol. The van der Waals surface area contributed by atoms with E-state index in [1.54, 1.807) is 0 Å². The van der Waals surface area contributed by atoms with Crippen molar-refractivity contribution in [1.29, 1.82) is 0 Å². The maximum absolute atomic E-state index is 13.5. The van der Waals surface area contributed by atoms with Gasteiger partial charge in [0.05, 0.1) is 6.04 Å². The molecule has 0 bridgehead atoms. The Morgan fingerprint density at radius 3 is 2.41 bits per heavy atom. The maximum atomic E-state index is 13.5. The molecule has 6 nitrogen and oxygen atoms in total. The smallest absolute Gasteiger partial charge is 0.240 e. The van der Waals surface area contributed by atoms with Crippen LogP contribution in [0, 0.1) is 0 Å². The zero-order valence-electron chi connectivity index (χ0n) is 17.6. The number of para-hydroxylation sites is 1. The standard InChI is InChI=1S/C25H23N5OS/c1-2-17-11-9-10-16-20(17)26-24(31)22-21(18-12-5-3-6-13-18)29-30-23(27-28-25(30)32-22)19-14-7-4-8-15-19/h3-16,21-22,29H,2H2,1H3,(H,26,31)/t21-,22-/m1/s1. The van der Waals surface area contributed by atoms with E-state index in [1.807, 2.05) is 89.6 Å². The molecule has 1 amide bonds. The van der Waals surface area contributed by atoms with Crippen LogP contribution in [0.15, 0.2) is 90.1 Å². The summed E-state index contributed by atoms with van der Waals surface area (Å²) in [7, 11) is 0. The van der Waals surface area contributed by atoms with Crippen molar-refractivity contribution in [2.45, 2.75) is 29.8 Å². The molecule has 0 unspecified atom stereocenters. The fourth-order valence-corrected chi connectivity index (χ4v) is 4.97. The second-order valence-corrected chi connectivity index (χ2v) is 8.67. The lowest BCUT2D eigenvalue weighted by Crippen LogP contribution is -2.41. The summed E-state index contributed by atoms with van der Waals surface area (Å²) in [5.74, 6) is 0.664. The average Bonchev–Trinajstić information content (AvgIpc) is 3.27. The van der Waals surface area contributed by atoms with E-state index in [9.17, 15) is 4.79 Å². The third-order valence-corrected chi connectivity index (χ3v) is 6.76. The van der Waals surface area contributed by atoms with Crippen molar-refractivity contribution in [2.24, 2.45) is 0 Å². The number of fused-ring (bicyclic) bond motifs is 1. The molecule has 0 saturated heterocycles. The second kappa shape index (κ2) is 8.88. The van der Waals surface area contributed by atoms with Gasteiger partial charge >= 0.3 is 0 Å². The Labute approximate surface area is 191 Å². The SMILES string of the molecule is CCc1ccccc1NC(=O)[C@@H]1Sc2nnc(-c3ccccc3)n2N[C@@H]1c1ccccc1. The van der Waals surface area contributed by atoms with Crippen LogP contribution in [0.4, 0.5) is 5.69 Å². The highest BCUT2D eigenvalue weighted by Gasteiger charge is 2.38. The van der Waals surface area contributed by atoms with E-state index in [-0.39, 0.29) is 11.9 Å². The molecular weight excluding hydrogens is 418 g/mol. The molecule has 2 atom stereocenters. The third kappa shape index (κ3) is 3.87. The lowest BCUT2D eigenvalue weighted by atomic mass is 10.0. The number of benzene rings is 3. The average molecular weight is 442 g/mol. The number of carbonyl (C=O) groups excluding carboxylic acids is 1. The second-order valence-electron chi connectivity index (χ2n) is 7.56. The van der Waals surface area contributed by atoms with Crippen LogP contribution in [0.3, 0.4) is 0 Å². The van der Waals surface area contributed by atoms with Crippen LogP contribution in [0.2, 0.25) is 0 Å². The molecule has 32 heavy (non-hydrogen) atoms. The lowest BCUT2D eigenvalue weighted by Gasteiger charge is -2.33. The van der Waals surface area contributed by atoms with Crippen LogP contribution in [0.25, 0.3) is 11.4 Å². The van der Waals surface area contributed by atoms with Crippen LogP contribution < -0.4 is 10.7 Å².